The van der Waals surface area contributed by atoms with E-state index in [2.05, 4.69) is 5.32 Å². The summed E-state index contributed by atoms with van der Waals surface area (Å²) in [7, 11) is 0. The maximum atomic E-state index is 12.4. The fourth-order valence-corrected chi connectivity index (χ4v) is 2.83. The topological polar surface area (TPSA) is 86.7 Å². The van der Waals surface area contributed by atoms with Crippen LogP contribution < -0.4 is 10.2 Å². The zero-order valence-electron chi connectivity index (χ0n) is 14.5. The summed E-state index contributed by atoms with van der Waals surface area (Å²) in [5.41, 5.74) is 2.96. The average molecular weight is 332 g/mol. The zero-order valence-corrected chi connectivity index (χ0v) is 14.5. The summed E-state index contributed by atoms with van der Waals surface area (Å²) >= 11 is 0. The number of carboxylic acid groups (broad SMARTS) is 1. The van der Waals surface area contributed by atoms with Crippen LogP contribution in [0.1, 0.15) is 31.4 Å². The molecule has 3 atom stereocenters. The van der Waals surface area contributed by atoms with Crippen LogP contribution in [0.5, 0.6) is 0 Å². The summed E-state index contributed by atoms with van der Waals surface area (Å²) in [5.74, 6) is -2.44. The van der Waals surface area contributed by atoms with Crippen LogP contribution in [0.2, 0.25) is 0 Å². The van der Waals surface area contributed by atoms with E-state index >= 15 is 0 Å². The van der Waals surface area contributed by atoms with Crippen molar-refractivity contribution in [1.29, 1.82) is 0 Å². The molecular formula is C18H24N2O4. The van der Waals surface area contributed by atoms with Crippen molar-refractivity contribution in [2.24, 2.45) is 11.8 Å². The van der Waals surface area contributed by atoms with Gasteiger partial charge < -0.3 is 15.3 Å². The second kappa shape index (κ2) is 7.03. The Kier molecular flexibility index (Phi) is 5.26. The Balaban J connectivity index is 2.08. The first-order chi connectivity index (χ1) is 11.2. The van der Waals surface area contributed by atoms with Gasteiger partial charge >= 0.3 is 5.97 Å². The number of nitrogens with zero attached hydrogens (tertiary/aromatic N) is 1. The monoisotopic (exact) mass is 332 g/mol. The number of anilines is 1. The fraction of sp³-hybridized carbons (Fsp3) is 0.500. The summed E-state index contributed by atoms with van der Waals surface area (Å²) in [6, 6.07) is 5.28. The number of hydrogen-bond acceptors (Lipinski definition) is 3. The summed E-state index contributed by atoms with van der Waals surface area (Å²) in [6.45, 7) is 7.48. The number of carboxylic acids is 1. The highest BCUT2D eigenvalue weighted by Gasteiger charge is 2.36. The number of amides is 2. The second-order valence-corrected chi connectivity index (χ2v) is 6.55. The first-order valence-corrected chi connectivity index (χ1v) is 8.12. The van der Waals surface area contributed by atoms with Crippen LogP contribution in [-0.4, -0.2) is 35.5 Å². The Morgan fingerprint density at radius 2 is 1.96 bits per heavy atom. The highest BCUT2D eigenvalue weighted by atomic mass is 16.4. The molecule has 24 heavy (non-hydrogen) atoms. The molecule has 1 saturated heterocycles. The molecule has 1 aromatic rings. The van der Waals surface area contributed by atoms with Crippen molar-refractivity contribution in [3.8, 4) is 0 Å². The van der Waals surface area contributed by atoms with E-state index in [1.165, 1.54) is 0 Å². The summed E-state index contributed by atoms with van der Waals surface area (Å²) in [6.07, 6.45) is 0.146. The van der Waals surface area contributed by atoms with E-state index in [4.69, 9.17) is 5.11 Å². The van der Waals surface area contributed by atoms with E-state index in [9.17, 15) is 14.4 Å². The molecule has 1 aromatic carbocycles. The Morgan fingerprint density at radius 1 is 1.29 bits per heavy atom. The van der Waals surface area contributed by atoms with Gasteiger partial charge in [-0.1, -0.05) is 12.1 Å². The molecule has 0 aromatic heterocycles. The molecule has 1 heterocycles. The Bertz CT molecular complexity index is 671. The van der Waals surface area contributed by atoms with Crippen LogP contribution in [0.4, 0.5) is 5.69 Å². The van der Waals surface area contributed by atoms with Gasteiger partial charge in [0.15, 0.2) is 0 Å². The molecule has 2 amide bonds. The standard InChI is InChI=1S/C18H24N2O4/c1-10-6-5-7-15(11(10)2)20-9-14(8-16(20)21)17(22)19-13(4)12(3)18(23)24/h5-7,12-14H,8-9H2,1-4H3,(H,19,22)(H,23,24). The summed E-state index contributed by atoms with van der Waals surface area (Å²) in [4.78, 5) is 37.3. The molecule has 2 N–H and O–H groups in total. The van der Waals surface area contributed by atoms with E-state index in [-0.39, 0.29) is 18.2 Å². The third-order valence-electron chi connectivity index (χ3n) is 4.87. The van der Waals surface area contributed by atoms with E-state index in [1.54, 1.807) is 18.7 Å². The fourth-order valence-electron chi connectivity index (χ4n) is 2.83. The van der Waals surface area contributed by atoms with Gasteiger partial charge in [0.25, 0.3) is 0 Å². The van der Waals surface area contributed by atoms with Crippen LogP contribution >= 0.6 is 0 Å². The van der Waals surface area contributed by atoms with Crippen molar-refractivity contribution in [1.82, 2.24) is 5.32 Å². The lowest BCUT2D eigenvalue weighted by Gasteiger charge is -2.22. The van der Waals surface area contributed by atoms with Crippen LogP contribution in [0.15, 0.2) is 18.2 Å². The predicted molar refractivity (Wildman–Crippen MR) is 90.8 cm³/mol. The van der Waals surface area contributed by atoms with E-state index in [0.29, 0.717) is 6.54 Å². The number of benzene rings is 1. The minimum atomic E-state index is -0.956. The number of hydrogen-bond donors (Lipinski definition) is 2. The number of carbonyl (C=O) groups is 3. The Morgan fingerprint density at radius 3 is 2.58 bits per heavy atom. The quantitative estimate of drug-likeness (QED) is 0.862. The first kappa shape index (κ1) is 18.0. The molecular weight excluding hydrogens is 308 g/mol. The highest BCUT2D eigenvalue weighted by Crippen LogP contribution is 2.29. The molecule has 6 nitrogen and oxygen atoms in total. The average Bonchev–Trinajstić information content (AvgIpc) is 2.91. The van der Waals surface area contributed by atoms with Crippen molar-refractivity contribution in [2.45, 2.75) is 40.2 Å². The molecule has 1 aliphatic rings. The van der Waals surface area contributed by atoms with Gasteiger partial charge in [0, 0.05) is 24.7 Å². The number of carbonyl (C=O) groups excluding carboxylic acids is 2. The first-order valence-electron chi connectivity index (χ1n) is 8.12. The molecule has 130 valence electrons. The summed E-state index contributed by atoms with van der Waals surface area (Å²) < 4.78 is 0. The maximum Gasteiger partial charge on any atom is 0.308 e. The highest BCUT2D eigenvalue weighted by molar-refractivity contribution is 6.01. The van der Waals surface area contributed by atoms with Crippen molar-refractivity contribution in [2.75, 3.05) is 11.4 Å². The summed E-state index contributed by atoms with van der Waals surface area (Å²) in [5, 5.41) is 11.7. The molecule has 2 rings (SSSR count). The van der Waals surface area contributed by atoms with Crippen molar-refractivity contribution >= 4 is 23.5 Å². The van der Waals surface area contributed by atoms with Crippen molar-refractivity contribution in [3.63, 3.8) is 0 Å². The van der Waals surface area contributed by atoms with Crippen LogP contribution in [-0.2, 0) is 14.4 Å². The number of nitrogens with one attached hydrogen (secondary N) is 1. The van der Waals surface area contributed by atoms with Gasteiger partial charge in [0.2, 0.25) is 11.8 Å². The van der Waals surface area contributed by atoms with E-state index in [0.717, 1.165) is 16.8 Å². The predicted octanol–water partition coefficient (Wildman–Crippen LogP) is 1.88. The molecule has 1 aliphatic heterocycles. The van der Waals surface area contributed by atoms with Gasteiger partial charge in [-0.2, -0.15) is 0 Å². The van der Waals surface area contributed by atoms with Gasteiger partial charge in [-0.3, -0.25) is 14.4 Å². The lowest BCUT2D eigenvalue weighted by molar-refractivity contribution is -0.142. The molecule has 6 heteroatoms. The Labute approximate surface area is 141 Å². The lowest BCUT2D eigenvalue weighted by Crippen LogP contribution is -2.43. The molecule has 0 radical (unpaired) electrons. The number of rotatable bonds is 5. The van der Waals surface area contributed by atoms with E-state index < -0.39 is 23.8 Å². The van der Waals surface area contributed by atoms with Crippen LogP contribution in [0.25, 0.3) is 0 Å². The Hall–Kier alpha value is -2.37. The van der Waals surface area contributed by atoms with Crippen molar-refractivity contribution < 1.29 is 19.5 Å². The molecule has 0 aliphatic carbocycles. The van der Waals surface area contributed by atoms with Crippen molar-refractivity contribution in [3.05, 3.63) is 29.3 Å². The lowest BCUT2D eigenvalue weighted by atomic mass is 10.0. The minimum Gasteiger partial charge on any atom is -0.481 e. The maximum absolute atomic E-state index is 12.4. The number of aryl methyl sites for hydroxylation is 1. The third-order valence-corrected chi connectivity index (χ3v) is 4.87. The van der Waals surface area contributed by atoms with Crippen LogP contribution in [0.3, 0.4) is 0 Å². The molecule has 0 saturated carbocycles. The smallest absolute Gasteiger partial charge is 0.308 e. The molecule has 0 bridgehead atoms. The van der Waals surface area contributed by atoms with Gasteiger partial charge in [-0.05, 0) is 44.9 Å². The largest absolute Gasteiger partial charge is 0.481 e. The normalized spacial score (nSPS) is 19.9. The molecule has 0 spiro atoms. The SMILES string of the molecule is Cc1cccc(N2CC(C(=O)NC(C)C(C)C(=O)O)CC2=O)c1C. The third kappa shape index (κ3) is 3.58. The van der Waals surface area contributed by atoms with Gasteiger partial charge in [-0.15, -0.1) is 0 Å². The van der Waals surface area contributed by atoms with Gasteiger partial charge in [-0.25, -0.2) is 0 Å². The zero-order chi connectivity index (χ0) is 18.0. The van der Waals surface area contributed by atoms with Crippen LogP contribution in [0, 0.1) is 25.7 Å². The molecule has 3 unspecified atom stereocenters. The van der Waals surface area contributed by atoms with Gasteiger partial charge in [0.05, 0.1) is 11.8 Å². The van der Waals surface area contributed by atoms with Gasteiger partial charge in [0.1, 0.15) is 0 Å². The van der Waals surface area contributed by atoms with E-state index in [1.807, 2.05) is 32.0 Å². The minimum absolute atomic E-state index is 0.0808. The second-order valence-electron chi connectivity index (χ2n) is 6.55. The number of aliphatic carboxylic acids is 1. The molecule has 1 fully saturated rings.